The molecule has 0 N–H and O–H groups in total. The van der Waals surface area contributed by atoms with E-state index in [1.54, 1.807) is 0 Å². The number of hydrogen-bond acceptors (Lipinski definition) is 6. The van der Waals surface area contributed by atoms with E-state index < -0.39 is 6.10 Å². The van der Waals surface area contributed by atoms with Gasteiger partial charge in [-0.3, -0.25) is 14.4 Å². The van der Waals surface area contributed by atoms with E-state index in [0.29, 0.717) is 12.8 Å². The van der Waals surface area contributed by atoms with Crippen molar-refractivity contribution >= 4 is 17.9 Å². The smallest absolute Gasteiger partial charge is 0.306 e. The lowest BCUT2D eigenvalue weighted by Gasteiger charge is -2.18. The van der Waals surface area contributed by atoms with Gasteiger partial charge in [0.2, 0.25) is 0 Å². The van der Waals surface area contributed by atoms with E-state index in [-0.39, 0.29) is 44.0 Å². The van der Waals surface area contributed by atoms with Crippen molar-refractivity contribution in [3.05, 3.63) is 109 Å². The molecule has 0 aromatic heterocycles. The number of carbonyl (C=O) groups excluding carboxylic acids is 3. The Morgan fingerprint density at radius 1 is 0.356 bits per heavy atom. The summed E-state index contributed by atoms with van der Waals surface area (Å²) in [5, 5.41) is 0. The van der Waals surface area contributed by atoms with Gasteiger partial charge in [0.1, 0.15) is 13.2 Å². The lowest BCUT2D eigenvalue weighted by Crippen LogP contribution is -2.30. The Balaban J connectivity index is 4.47. The zero-order valence-corrected chi connectivity index (χ0v) is 37.7. The van der Waals surface area contributed by atoms with Gasteiger partial charge < -0.3 is 14.2 Å². The maximum atomic E-state index is 12.7. The third-order valence-corrected chi connectivity index (χ3v) is 9.27. The van der Waals surface area contributed by atoms with E-state index in [2.05, 4.69) is 130 Å². The molecular formula is C53H84O6. The summed E-state index contributed by atoms with van der Waals surface area (Å²) in [4.78, 5) is 37.7. The van der Waals surface area contributed by atoms with Crippen LogP contribution in [0, 0.1) is 0 Å². The van der Waals surface area contributed by atoms with Gasteiger partial charge in [0.25, 0.3) is 0 Å². The number of hydrogen-bond donors (Lipinski definition) is 0. The van der Waals surface area contributed by atoms with Gasteiger partial charge in [-0.05, 0) is 96.3 Å². The largest absolute Gasteiger partial charge is 0.462 e. The molecule has 0 aromatic rings. The van der Waals surface area contributed by atoms with Crippen LogP contribution in [0.3, 0.4) is 0 Å². The molecule has 0 saturated heterocycles. The third-order valence-electron chi connectivity index (χ3n) is 9.27. The van der Waals surface area contributed by atoms with E-state index >= 15 is 0 Å². The van der Waals surface area contributed by atoms with Crippen molar-refractivity contribution in [1.82, 2.24) is 0 Å². The van der Waals surface area contributed by atoms with Crippen molar-refractivity contribution in [3.8, 4) is 0 Å². The van der Waals surface area contributed by atoms with Gasteiger partial charge in [-0.2, -0.15) is 0 Å². The fourth-order valence-electron chi connectivity index (χ4n) is 5.82. The molecule has 1 unspecified atom stereocenters. The van der Waals surface area contributed by atoms with Crippen LogP contribution in [0.2, 0.25) is 0 Å². The van der Waals surface area contributed by atoms with Crippen LogP contribution in [0.15, 0.2) is 109 Å². The molecule has 0 bridgehead atoms. The molecule has 332 valence electrons. The van der Waals surface area contributed by atoms with E-state index in [1.165, 1.54) is 25.7 Å². The first kappa shape index (κ1) is 55.1. The number of esters is 3. The predicted molar refractivity (Wildman–Crippen MR) is 251 cm³/mol. The first-order valence-electron chi connectivity index (χ1n) is 23.4. The Morgan fingerprint density at radius 3 is 1.10 bits per heavy atom. The Bertz CT molecular complexity index is 1260. The summed E-state index contributed by atoms with van der Waals surface area (Å²) in [6.07, 6.45) is 62.3. The van der Waals surface area contributed by atoms with E-state index in [1.807, 2.05) is 0 Å². The Hall–Kier alpha value is -3.93. The molecule has 0 fully saturated rings. The minimum absolute atomic E-state index is 0.108. The summed E-state index contributed by atoms with van der Waals surface area (Å²) >= 11 is 0. The van der Waals surface area contributed by atoms with Crippen LogP contribution in [0.25, 0.3) is 0 Å². The molecule has 0 radical (unpaired) electrons. The maximum absolute atomic E-state index is 12.7. The van der Waals surface area contributed by atoms with Gasteiger partial charge in [-0.15, -0.1) is 0 Å². The van der Waals surface area contributed by atoms with Gasteiger partial charge in [0.15, 0.2) is 6.10 Å². The van der Waals surface area contributed by atoms with Gasteiger partial charge >= 0.3 is 17.9 Å². The monoisotopic (exact) mass is 817 g/mol. The van der Waals surface area contributed by atoms with Crippen molar-refractivity contribution in [3.63, 3.8) is 0 Å². The highest BCUT2D eigenvalue weighted by molar-refractivity contribution is 5.71. The molecule has 0 spiro atoms. The average molecular weight is 817 g/mol. The number of ether oxygens (including phenoxy) is 3. The summed E-state index contributed by atoms with van der Waals surface area (Å²) in [6.45, 7) is 6.27. The summed E-state index contributed by atoms with van der Waals surface area (Å²) in [6, 6.07) is 0. The topological polar surface area (TPSA) is 78.9 Å². The van der Waals surface area contributed by atoms with Crippen LogP contribution in [0.5, 0.6) is 0 Å². The number of rotatable bonds is 40. The zero-order valence-electron chi connectivity index (χ0n) is 37.7. The summed E-state index contributed by atoms with van der Waals surface area (Å²) < 4.78 is 16.6. The number of carbonyl (C=O) groups is 3. The van der Waals surface area contributed by atoms with Gasteiger partial charge in [-0.25, -0.2) is 0 Å². The highest BCUT2D eigenvalue weighted by Crippen LogP contribution is 2.12. The number of unbranched alkanes of at least 4 members (excludes halogenated alkanes) is 11. The highest BCUT2D eigenvalue weighted by atomic mass is 16.6. The van der Waals surface area contributed by atoms with Gasteiger partial charge in [0.05, 0.1) is 0 Å². The molecule has 0 aliphatic carbocycles. The minimum atomic E-state index is -0.812. The van der Waals surface area contributed by atoms with Crippen LogP contribution in [0.1, 0.15) is 188 Å². The molecule has 0 amide bonds. The second-order valence-corrected chi connectivity index (χ2v) is 14.9. The average Bonchev–Trinajstić information content (AvgIpc) is 3.23. The molecule has 59 heavy (non-hydrogen) atoms. The Labute approximate surface area is 361 Å². The third kappa shape index (κ3) is 45.0. The van der Waals surface area contributed by atoms with Crippen molar-refractivity contribution < 1.29 is 28.6 Å². The van der Waals surface area contributed by atoms with Crippen molar-refractivity contribution in [2.75, 3.05) is 13.2 Å². The molecular weight excluding hydrogens is 733 g/mol. The minimum Gasteiger partial charge on any atom is -0.462 e. The molecule has 0 aliphatic heterocycles. The Morgan fingerprint density at radius 2 is 0.678 bits per heavy atom. The first-order valence-corrected chi connectivity index (χ1v) is 23.4. The predicted octanol–water partition coefficient (Wildman–Crippen LogP) is 15.2. The normalized spacial score (nSPS) is 13.1. The van der Waals surface area contributed by atoms with Crippen molar-refractivity contribution in [2.45, 2.75) is 194 Å². The molecule has 1 atom stereocenters. The molecule has 0 rings (SSSR count). The lowest BCUT2D eigenvalue weighted by molar-refractivity contribution is -0.167. The second-order valence-electron chi connectivity index (χ2n) is 14.9. The quantitative estimate of drug-likeness (QED) is 0.0265. The molecule has 0 saturated carbocycles. The molecule has 6 nitrogen and oxygen atoms in total. The van der Waals surface area contributed by atoms with Crippen LogP contribution in [-0.2, 0) is 28.6 Å². The van der Waals surface area contributed by atoms with Crippen molar-refractivity contribution in [2.24, 2.45) is 0 Å². The summed E-state index contributed by atoms with van der Waals surface area (Å²) in [7, 11) is 0. The van der Waals surface area contributed by atoms with E-state index in [4.69, 9.17) is 14.2 Å². The van der Waals surface area contributed by atoms with Gasteiger partial charge in [0, 0.05) is 19.3 Å². The fraction of sp³-hybridized carbons (Fsp3) is 0.604. The zero-order chi connectivity index (χ0) is 43.0. The molecule has 0 aliphatic rings. The highest BCUT2D eigenvalue weighted by Gasteiger charge is 2.19. The van der Waals surface area contributed by atoms with Crippen LogP contribution < -0.4 is 0 Å². The first-order chi connectivity index (χ1) is 29.0. The lowest BCUT2D eigenvalue weighted by atomic mass is 10.1. The van der Waals surface area contributed by atoms with Crippen LogP contribution in [0.4, 0.5) is 0 Å². The SMILES string of the molecule is CC/C=C\C/C=C\C/C=C\C/C=C\C/C=C\CCCC(=O)OCC(COC(=O)CCCCCCCCC)OC(=O)CCCCCC/C=C\C/C=C\C/C=C\C/C=C\CC. The molecule has 0 aromatic carbocycles. The fourth-order valence-corrected chi connectivity index (χ4v) is 5.82. The van der Waals surface area contributed by atoms with Crippen LogP contribution in [-0.4, -0.2) is 37.2 Å². The van der Waals surface area contributed by atoms with Crippen molar-refractivity contribution in [1.29, 1.82) is 0 Å². The van der Waals surface area contributed by atoms with Gasteiger partial charge in [-0.1, -0.05) is 182 Å². The molecule has 0 heterocycles. The summed E-state index contributed by atoms with van der Waals surface area (Å²) in [5.41, 5.74) is 0. The van der Waals surface area contributed by atoms with E-state index in [9.17, 15) is 14.4 Å². The molecule has 6 heteroatoms. The number of allylic oxidation sites excluding steroid dienone is 18. The van der Waals surface area contributed by atoms with Crippen LogP contribution >= 0.6 is 0 Å². The second kappa shape index (κ2) is 46.8. The Kier molecular flexibility index (Phi) is 43.6. The summed E-state index contributed by atoms with van der Waals surface area (Å²) in [5.74, 6) is -1.01. The van der Waals surface area contributed by atoms with E-state index in [0.717, 1.165) is 116 Å². The maximum Gasteiger partial charge on any atom is 0.306 e. The standard InChI is InChI=1S/C53H84O6/c1-4-7-10-13-16-18-20-22-24-26-28-30-32-34-37-40-43-46-52(55)58-49-50(48-57-51(54)45-42-39-36-15-12-9-6-3)59-53(56)47-44-41-38-35-33-31-29-27-25-23-21-19-17-14-11-8-5-2/h7-8,10-11,16-19,22-25,28-31,34,37,50H,4-6,9,12-15,20-21,26-27,32-33,35-36,38-49H2,1-3H3/b10-7-,11-8-,18-16-,19-17-,24-22-,25-23-,30-28-,31-29-,37-34-.